The van der Waals surface area contributed by atoms with E-state index in [1.807, 2.05) is 24.3 Å². The molecule has 104 valence electrons. The number of nitrogens with one attached hydrogen (secondary N) is 1. The Morgan fingerprint density at radius 2 is 2.05 bits per heavy atom. The van der Waals surface area contributed by atoms with Crippen molar-refractivity contribution in [2.45, 2.75) is 13.0 Å². The number of hydrogen-bond donors (Lipinski definition) is 2. The highest BCUT2D eigenvalue weighted by atomic mass is 16.5. The molecule has 0 radical (unpaired) electrons. The third-order valence-electron chi connectivity index (χ3n) is 3.16. The summed E-state index contributed by atoms with van der Waals surface area (Å²) in [7, 11) is 0. The normalized spacial score (nSPS) is 16.9. The Hall–Kier alpha value is -1.43. The summed E-state index contributed by atoms with van der Waals surface area (Å²) in [5.41, 5.74) is 7.41. The number of benzene rings is 1. The Morgan fingerprint density at radius 1 is 1.26 bits per heavy atom. The number of nitrogens with two attached hydrogens (primary N) is 1. The van der Waals surface area contributed by atoms with Gasteiger partial charge in [-0.15, -0.1) is 0 Å². The van der Waals surface area contributed by atoms with E-state index in [9.17, 15) is 4.79 Å². The van der Waals surface area contributed by atoms with E-state index in [1.165, 1.54) is 0 Å². The van der Waals surface area contributed by atoms with Crippen molar-refractivity contribution in [3.05, 3.63) is 29.8 Å². The van der Waals surface area contributed by atoms with E-state index in [2.05, 4.69) is 10.2 Å². The largest absolute Gasteiger partial charge is 0.380 e. The average Bonchev–Trinajstić information content (AvgIpc) is 2.68. The van der Waals surface area contributed by atoms with Crippen LogP contribution in [-0.2, 0) is 16.1 Å². The first-order valence-corrected chi connectivity index (χ1v) is 6.67. The fraction of sp³-hybridized carbons (Fsp3) is 0.500. The van der Waals surface area contributed by atoms with Gasteiger partial charge >= 0.3 is 0 Å². The zero-order valence-electron chi connectivity index (χ0n) is 11.1. The maximum absolute atomic E-state index is 11.9. The van der Waals surface area contributed by atoms with Gasteiger partial charge in [-0.1, -0.05) is 12.1 Å². The van der Waals surface area contributed by atoms with Gasteiger partial charge in [0.15, 0.2) is 0 Å². The minimum Gasteiger partial charge on any atom is -0.380 e. The lowest BCUT2D eigenvalue weighted by molar-refractivity contribution is -0.117. The van der Waals surface area contributed by atoms with Crippen molar-refractivity contribution in [1.82, 2.24) is 4.90 Å². The van der Waals surface area contributed by atoms with Crippen LogP contribution in [0.2, 0.25) is 0 Å². The second-order valence-corrected chi connectivity index (χ2v) is 4.69. The van der Waals surface area contributed by atoms with Crippen LogP contribution in [0, 0.1) is 0 Å². The molecule has 0 saturated carbocycles. The van der Waals surface area contributed by atoms with Crippen LogP contribution in [0.3, 0.4) is 0 Å². The zero-order valence-corrected chi connectivity index (χ0v) is 11.1. The lowest BCUT2D eigenvalue weighted by Gasteiger charge is -2.18. The molecular weight excluding hydrogens is 242 g/mol. The van der Waals surface area contributed by atoms with Gasteiger partial charge in [-0.25, -0.2) is 0 Å². The van der Waals surface area contributed by atoms with Crippen molar-refractivity contribution in [3.8, 4) is 0 Å². The molecule has 1 aliphatic rings. The minimum atomic E-state index is 0.0161. The fourth-order valence-corrected chi connectivity index (χ4v) is 2.08. The van der Waals surface area contributed by atoms with Crippen LogP contribution in [-0.4, -0.2) is 43.7 Å². The van der Waals surface area contributed by atoms with Crippen molar-refractivity contribution in [3.63, 3.8) is 0 Å². The van der Waals surface area contributed by atoms with Crippen LogP contribution < -0.4 is 11.1 Å². The molecule has 1 amide bonds. The highest BCUT2D eigenvalue weighted by Gasteiger charge is 2.13. The number of nitrogens with zero attached hydrogens (tertiary/aromatic N) is 1. The monoisotopic (exact) mass is 263 g/mol. The van der Waals surface area contributed by atoms with Crippen LogP contribution >= 0.6 is 0 Å². The first kappa shape index (κ1) is 14.0. The summed E-state index contributed by atoms with van der Waals surface area (Å²) in [6, 6.07) is 7.61. The van der Waals surface area contributed by atoms with E-state index >= 15 is 0 Å². The molecule has 1 fully saturated rings. The van der Waals surface area contributed by atoms with E-state index < -0.39 is 0 Å². The molecule has 1 heterocycles. The molecule has 2 rings (SSSR count). The van der Waals surface area contributed by atoms with Gasteiger partial charge in [0.2, 0.25) is 5.91 Å². The number of carbonyl (C=O) groups excluding carboxylic acids is 1. The van der Waals surface area contributed by atoms with E-state index in [1.54, 1.807) is 0 Å². The quantitative estimate of drug-likeness (QED) is 0.843. The Kier molecular flexibility index (Phi) is 5.32. The van der Waals surface area contributed by atoms with Gasteiger partial charge in [0.1, 0.15) is 0 Å². The van der Waals surface area contributed by atoms with Gasteiger partial charge in [-0.3, -0.25) is 9.69 Å². The van der Waals surface area contributed by atoms with Gasteiger partial charge in [0.05, 0.1) is 13.2 Å². The molecule has 0 atom stereocenters. The van der Waals surface area contributed by atoms with Crippen molar-refractivity contribution >= 4 is 11.6 Å². The van der Waals surface area contributed by atoms with Crippen LogP contribution in [0.5, 0.6) is 0 Å². The highest BCUT2D eigenvalue weighted by Crippen LogP contribution is 2.09. The third kappa shape index (κ3) is 4.63. The lowest BCUT2D eigenvalue weighted by Crippen LogP contribution is -2.34. The van der Waals surface area contributed by atoms with Gasteiger partial charge in [0, 0.05) is 31.9 Å². The molecule has 1 aromatic carbocycles. The Balaban J connectivity index is 1.82. The maximum atomic E-state index is 11.9. The van der Waals surface area contributed by atoms with Gasteiger partial charge in [-0.05, 0) is 24.1 Å². The summed E-state index contributed by atoms with van der Waals surface area (Å²) in [6.45, 7) is 4.17. The topological polar surface area (TPSA) is 67.6 Å². The molecule has 19 heavy (non-hydrogen) atoms. The minimum absolute atomic E-state index is 0.0161. The fourth-order valence-electron chi connectivity index (χ4n) is 2.08. The molecule has 3 N–H and O–H groups in total. The second-order valence-electron chi connectivity index (χ2n) is 4.69. The number of carbonyl (C=O) groups is 1. The third-order valence-corrected chi connectivity index (χ3v) is 3.16. The van der Waals surface area contributed by atoms with Gasteiger partial charge in [-0.2, -0.15) is 0 Å². The van der Waals surface area contributed by atoms with Crippen LogP contribution in [0.1, 0.15) is 12.0 Å². The molecule has 1 aromatic rings. The summed E-state index contributed by atoms with van der Waals surface area (Å²) in [4.78, 5) is 14.1. The molecule has 1 saturated heterocycles. The molecule has 0 spiro atoms. The van der Waals surface area contributed by atoms with E-state index in [0.29, 0.717) is 19.7 Å². The van der Waals surface area contributed by atoms with Crippen LogP contribution in [0.15, 0.2) is 24.3 Å². The first-order valence-electron chi connectivity index (χ1n) is 6.67. The molecule has 0 bridgehead atoms. The molecule has 5 nitrogen and oxygen atoms in total. The Bertz CT molecular complexity index is 398. The number of hydrogen-bond acceptors (Lipinski definition) is 4. The average molecular weight is 263 g/mol. The van der Waals surface area contributed by atoms with Crippen molar-refractivity contribution in [1.29, 1.82) is 0 Å². The van der Waals surface area contributed by atoms with Crippen LogP contribution in [0.4, 0.5) is 5.69 Å². The number of anilines is 1. The summed E-state index contributed by atoms with van der Waals surface area (Å²) in [6.07, 6.45) is 0.985. The number of amides is 1. The molecule has 5 heteroatoms. The zero-order chi connectivity index (χ0) is 13.5. The van der Waals surface area contributed by atoms with Crippen molar-refractivity contribution in [2.24, 2.45) is 5.73 Å². The first-order chi connectivity index (χ1) is 9.28. The standard InChI is InChI=1S/C14H21N3O2/c15-10-12-2-4-13(5-3-12)16-14(18)11-17-6-1-8-19-9-7-17/h2-5H,1,6-11,15H2,(H,16,18). The van der Waals surface area contributed by atoms with Crippen LogP contribution in [0.25, 0.3) is 0 Å². The van der Waals surface area contributed by atoms with E-state index in [0.717, 1.165) is 37.4 Å². The summed E-state index contributed by atoms with van der Waals surface area (Å²) in [5, 5.41) is 2.90. The molecule has 0 aromatic heterocycles. The summed E-state index contributed by atoms with van der Waals surface area (Å²) < 4.78 is 5.36. The SMILES string of the molecule is NCc1ccc(NC(=O)CN2CCCOCC2)cc1. The van der Waals surface area contributed by atoms with E-state index in [-0.39, 0.29) is 5.91 Å². The summed E-state index contributed by atoms with van der Waals surface area (Å²) >= 11 is 0. The number of rotatable bonds is 4. The summed E-state index contributed by atoms with van der Waals surface area (Å²) in [5.74, 6) is 0.0161. The molecule has 1 aliphatic heterocycles. The molecule has 0 unspecified atom stereocenters. The molecule has 0 aliphatic carbocycles. The predicted octanol–water partition coefficient (Wildman–Crippen LogP) is 0.806. The van der Waals surface area contributed by atoms with Gasteiger partial charge in [0.25, 0.3) is 0 Å². The highest BCUT2D eigenvalue weighted by molar-refractivity contribution is 5.92. The van der Waals surface area contributed by atoms with Crippen molar-refractivity contribution < 1.29 is 9.53 Å². The Labute approximate surface area is 113 Å². The predicted molar refractivity (Wildman–Crippen MR) is 74.8 cm³/mol. The molecular formula is C14H21N3O2. The maximum Gasteiger partial charge on any atom is 0.238 e. The Morgan fingerprint density at radius 3 is 2.79 bits per heavy atom. The van der Waals surface area contributed by atoms with Gasteiger partial charge < -0.3 is 15.8 Å². The van der Waals surface area contributed by atoms with Crippen molar-refractivity contribution in [2.75, 3.05) is 38.2 Å². The number of ether oxygens (including phenoxy) is 1. The lowest BCUT2D eigenvalue weighted by atomic mass is 10.2. The second kappa shape index (κ2) is 7.23. The van der Waals surface area contributed by atoms with E-state index in [4.69, 9.17) is 10.5 Å². The smallest absolute Gasteiger partial charge is 0.238 e.